The van der Waals surface area contributed by atoms with Crippen LogP contribution >= 0.6 is 0 Å². The third kappa shape index (κ3) is 3.92. The highest BCUT2D eigenvalue weighted by Crippen LogP contribution is 2.35. The van der Waals surface area contributed by atoms with E-state index in [0.29, 0.717) is 0 Å². The number of aromatic nitrogens is 2. The number of ether oxygens (including phenoxy) is 1. The van der Waals surface area contributed by atoms with Crippen molar-refractivity contribution < 1.29 is 9.53 Å². The standard InChI is InChI=1S/C25H25N3O2/c1-17-11-12-19(14-18(17)2)27-25(29)15-21(20-8-4-5-9-23(20)30-3)22-16-26-24-10-6-7-13-28(22)24/h4-14,16,21H,15H2,1-3H3,(H,27,29). The number of benzene rings is 2. The first-order chi connectivity index (χ1) is 14.6. The molecule has 0 saturated heterocycles. The van der Waals surface area contributed by atoms with E-state index in [0.717, 1.165) is 33.9 Å². The van der Waals surface area contributed by atoms with Crippen molar-refractivity contribution in [2.75, 3.05) is 12.4 Å². The van der Waals surface area contributed by atoms with Gasteiger partial charge in [-0.05, 0) is 55.3 Å². The number of para-hydroxylation sites is 1. The maximum absolute atomic E-state index is 13.0. The molecule has 0 saturated carbocycles. The molecule has 0 bridgehead atoms. The molecule has 1 atom stereocenters. The molecule has 1 amide bonds. The SMILES string of the molecule is COc1ccccc1C(CC(=O)Nc1ccc(C)c(C)c1)c1cnc2ccccn12. The average Bonchev–Trinajstić information content (AvgIpc) is 3.18. The Morgan fingerprint density at radius 2 is 1.87 bits per heavy atom. The molecule has 1 N–H and O–H groups in total. The summed E-state index contributed by atoms with van der Waals surface area (Å²) in [5.74, 6) is 0.498. The van der Waals surface area contributed by atoms with Crippen LogP contribution in [0.3, 0.4) is 0 Å². The predicted molar refractivity (Wildman–Crippen MR) is 119 cm³/mol. The molecule has 0 aliphatic heterocycles. The predicted octanol–water partition coefficient (Wildman–Crippen LogP) is 5.12. The monoisotopic (exact) mass is 399 g/mol. The van der Waals surface area contributed by atoms with E-state index in [9.17, 15) is 4.79 Å². The van der Waals surface area contributed by atoms with Gasteiger partial charge in [0.15, 0.2) is 0 Å². The van der Waals surface area contributed by atoms with Gasteiger partial charge in [-0.2, -0.15) is 0 Å². The molecule has 2 heterocycles. The van der Waals surface area contributed by atoms with Crippen LogP contribution in [0.5, 0.6) is 5.75 Å². The Hall–Kier alpha value is -3.60. The fraction of sp³-hybridized carbons (Fsp3) is 0.200. The molecule has 0 aliphatic carbocycles. The summed E-state index contributed by atoms with van der Waals surface area (Å²) in [5, 5.41) is 3.05. The second-order valence-electron chi connectivity index (χ2n) is 7.46. The van der Waals surface area contributed by atoms with Crippen LogP contribution in [-0.2, 0) is 4.79 Å². The minimum atomic E-state index is -0.204. The van der Waals surface area contributed by atoms with Gasteiger partial charge in [-0.25, -0.2) is 4.98 Å². The van der Waals surface area contributed by atoms with Gasteiger partial charge in [0.1, 0.15) is 11.4 Å². The van der Waals surface area contributed by atoms with Gasteiger partial charge in [-0.15, -0.1) is 0 Å². The van der Waals surface area contributed by atoms with Crippen LogP contribution in [0.2, 0.25) is 0 Å². The number of nitrogens with one attached hydrogen (secondary N) is 1. The summed E-state index contributed by atoms with van der Waals surface area (Å²) in [6.45, 7) is 4.10. The molecule has 0 spiro atoms. The molecule has 2 aromatic carbocycles. The van der Waals surface area contributed by atoms with E-state index in [1.807, 2.05) is 84.4 Å². The third-order valence-corrected chi connectivity index (χ3v) is 5.50. The van der Waals surface area contributed by atoms with Crippen molar-refractivity contribution in [3.63, 3.8) is 0 Å². The van der Waals surface area contributed by atoms with Crippen molar-refractivity contribution in [2.45, 2.75) is 26.2 Å². The van der Waals surface area contributed by atoms with Gasteiger partial charge in [-0.1, -0.05) is 30.3 Å². The molecule has 0 aliphatic rings. The number of pyridine rings is 1. The van der Waals surface area contributed by atoms with Crippen LogP contribution in [0.25, 0.3) is 5.65 Å². The Morgan fingerprint density at radius 1 is 1.07 bits per heavy atom. The number of rotatable bonds is 6. The highest BCUT2D eigenvalue weighted by molar-refractivity contribution is 5.91. The van der Waals surface area contributed by atoms with Crippen molar-refractivity contribution in [1.29, 1.82) is 0 Å². The quantitative estimate of drug-likeness (QED) is 0.490. The zero-order valence-electron chi connectivity index (χ0n) is 17.4. The van der Waals surface area contributed by atoms with Crippen LogP contribution in [-0.4, -0.2) is 22.4 Å². The van der Waals surface area contributed by atoms with Crippen molar-refractivity contribution in [2.24, 2.45) is 0 Å². The Kier molecular flexibility index (Phi) is 5.53. The van der Waals surface area contributed by atoms with Crippen LogP contribution in [0, 0.1) is 13.8 Å². The molecular weight excluding hydrogens is 374 g/mol. The van der Waals surface area contributed by atoms with Crippen molar-refractivity contribution in [1.82, 2.24) is 9.38 Å². The topological polar surface area (TPSA) is 55.6 Å². The molecule has 4 aromatic rings. The highest BCUT2D eigenvalue weighted by atomic mass is 16.5. The molecule has 152 valence electrons. The van der Waals surface area contributed by atoms with E-state index >= 15 is 0 Å². The minimum Gasteiger partial charge on any atom is -0.496 e. The lowest BCUT2D eigenvalue weighted by atomic mass is 9.91. The summed E-state index contributed by atoms with van der Waals surface area (Å²) in [4.78, 5) is 17.6. The van der Waals surface area contributed by atoms with Gasteiger partial charge in [0.2, 0.25) is 5.91 Å². The third-order valence-electron chi connectivity index (χ3n) is 5.50. The van der Waals surface area contributed by atoms with Gasteiger partial charge in [0.25, 0.3) is 0 Å². The molecule has 4 rings (SSSR count). The number of carbonyl (C=O) groups is 1. The number of hydrogen-bond donors (Lipinski definition) is 1. The first kappa shape index (κ1) is 19.7. The number of aryl methyl sites for hydroxylation is 2. The number of nitrogens with zero attached hydrogens (tertiary/aromatic N) is 2. The number of anilines is 1. The van der Waals surface area contributed by atoms with Crippen LogP contribution in [0.15, 0.2) is 73.1 Å². The second-order valence-corrected chi connectivity index (χ2v) is 7.46. The summed E-state index contributed by atoms with van der Waals surface area (Å²) in [6.07, 6.45) is 4.09. The fourth-order valence-corrected chi connectivity index (χ4v) is 3.75. The number of hydrogen-bond acceptors (Lipinski definition) is 3. The molecule has 1 unspecified atom stereocenters. The first-order valence-corrected chi connectivity index (χ1v) is 9.99. The van der Waals surface area contributed by atoms with E-state index < -0.39 is 0 Å². The number of imidazole rings is 1. The number of fused-ring (bicyclic) bond motifs is 1. The normalized spacial score (nSPS) is 12.0. The van der Waals surface area contributed by atoms with E-state index in [1.165, 1.54) is 5.56 Å². The number of carbonyl (C=O) groups excluding carboxylic acids is 1. The molecule has 0 radical (unpaired) electrons. The molecule has 0 fully saturated rings. The van der Waals surface area contributed by atoms with Crippen molar-refractivity contribution in [3.05, 3.63) is 95.4 Å². The molecular formula is C25H25N3O2. The van der Waals surface area contributed by atoms with Gasteiger partial charge in [-0.3, -0.25) is 4.79 Å². The minimum absolute atomic E-state index is 0.0555. The molecule has 30 heavy (non-hydrogen) atoms. The van der Waals surface area contributed by atoms with Crippen molar-refractivity contribution in [3.8, 4) is 5.75 Å². The van der Waals surface area contributed by atoms with Gasteiger partial charge in [0.05, 0.1) is 12.8 Å². The smallest absolute Gasteiger partial charge is 0.225 e. The highest BCUT2D eigenvalue weighted by Gasteiger charge is 2.24. The van der Waals surface area contributed by atoms with Crippen LogP contribution < -0.4 is 10.1 Å². The Bertz CT molecular complexity index is 1200. The Labute approximate surface area is 176 Å². The zero-order valence-corrected chi connectivity index (χ0v) is 17.4. The Balaban J connectivity index is 1.70. The lowest BCUT2D eigenvalue weighted by molar-refractivity contribution is -0.116. The van der Waals surface area contributed by atoms with Gasteiger partial charge >= 0.3 is 0 Å². The van der Waals surface area contributed by atoms with E-state index in [4.69, 9.17) is 4.74 Å². The lowest BCUT2D eigenvalue weighted by Gasteiger charge is -2.20. The molecule has 2 aromatic heterocycles. The molecule has 5 heteroatoms. The van der Waals surface area contributed by atoms with Crippen LogP contribution in [0.1, 0.15) is 34.7 Å². The lowest BCUT2D eigenvalue weighted by Crippen LogP contribution is -2.18. The summed E-state index contributed by atoms with van der Waals surface area (Å²) < 4.78 is 7.63. The second kappa shape index (κ2) is 8.41. The largest absolute Gasteiger partial charge is 0.496 e. The summed E-state index contributed by atoms with van der Waals surface area (Å²) in [7, 11) is 1.65. The van der Waals surface area contributed by atoms with Crippen LogP contribution in [0.4, 0.5) is 5.69 Å². The van der Waals surface area contributed by atoms with Gasteiger partial charge < -0.3 is 14.5 Å². The van der Waals surface area contributed by atoms with E-state index in [-0.39, 0.29) is 18.2 Å². The van der Waals surface area contributed by atoms with Gasteiger partial charge in [0, 0.05) is 36.0 Å². The summed E-state index contributed by atoms with van der Waals surface area (Å²) >= 11 is 0. The number of amides is 1. The maximum atomic E-state index is 13.0. The average molecular weight is 399 g/mol. The summed E-state index contributed by atoms with van der Waals surface area (Å²) in [5.41, 5.74) is 5.91. The number of methoxy groups -OCH3 is 1. The Morgan fingerprint density at radius 3 is 2.67 bits per heavy atom. The van der Waals surface area contributed by atoms with E-state index in [2.05, 4.69) is 17.2 Å². The van der Waals surface area contributed by atoms with E-state index in [1.54, 1.807) is 7.11 Å². The fourth-order valence-electron chi connectivity index (χ4n) is 3.75. The first-order valence-electron chi connectivity index (χ1n) is 9.99. The molecule has 5 nitrogen and oxygen atoms in total. The van der Waals surface area contributed by atoms with Crippen molar-refractivity contribution >= 4 is 17.2 Å². The summed E-state index contributed by atoms with van der Waals surface area (Å²) in [6, 6.07) is 19.7. The zero-order chi connectivity index (χ0) is 21.1. The maximum Gasteiger partial charge on any atom is 0.225 e.